The maximum absolute atomic E-state index is 12.4. The van der Waals surface area contributed by atoms with Crippen molar-refractivity contribution in [1.82, 2.24) is 29.4 Å². The molecule has 0 unspecified atom stereocenters. The Hall–Kier alpha value is -3.22. The van der Waals surface area contributed by atoms with Gasteiger partial charge in [0.15, 0.2) is 5.82 Å². The first-order valence-electron chi connectivity index (χ1n) is 9.10. The van der Waals surface area contributed by atoms with Gasteiger partial charge in [-0.25, -0.2) is 17.4 Å². The van der Waals surface area contributed by atoms with Crippen molar-refractivity contribution in [2.24, 2.45) is 0 Å². The van der Waals surface area contributed by atoms with Crippen molar-refractivity contribution >= 4 is 21.8 Å². The minimum atomic E-state index is -3.58. The predicted molar refractivity (Wildman–Crippen MR) is 116 cm³/mol. The lowest BCUT2D eigenvalue weighted by atomic mass is 10.2. The van der Waals surface area contributed by atoms with Crippen molar-refractivity contribution in [2.75, 3.05) is 19.9 Å². The first-order valence-corrected chi connectivity index (χ1v) is 11.5. The highest BCUT2D eigenvalue weighted by atomic mass is 32.2. The fourth-order valence-electron chi connectivity index (χ4n) is 2.71. The molecule has 2 aromatic heterocycles. The van der Waals surface area contributed by atoms with Crippen molar-refractivity contribution in [3.05, 3.63) is 60.5 Å². The number of thioether (sulfide) groups is 1. The number of nitrogens with zero attached hydrogens (tertiary/aromatic N) is 6. The molecule has 0 atom stereocenters. The molecule has 12 heteroatoms. The van der Waals surface area contributed by atoms with Gasteiger partial charge < -0.3 is 10.3 Å². The van der Waals surface area contributed by atoms with Gasteiger partial charge in [-0.05, 0) is 24.3 Å². The summed E-state index contributed by atoms with van der Waals surface area (Å²) in [6.07, 6.45) is 0. The fourth-order valence-corrected chi connectivity index (χ4v) is 4.36. The molecule has 0 saturated carbocycles. The van der Waals surface area contributed by atoms with E-state index >= 15 is 0 Å². The van der Waals surface area contributed by atoms with Gasteiger partial charge in [0.05, 0.1) is 10.6 Å². The number of hydrogen-bond acceptors (Lipinski definition) is 9. The molecule has 0 aliphatic rings. The van der Waals surface area contributed by atoms with Crippen molar-refractivity contribution < 1.29 is 12.8 Å². The second kappa shape index (κ2) is 8.49. The molecular weight excluding hydrogens is 438 g/mol. The maximum Gasteiger partial charge on any atom is 0.247 e. The third kappa shape index (κ3) is 4.31. The van der Waals surface area contributed by atoms with E-state index in [0.29, 0.717) is 34.1 Å². The second-order valence-electron chi connectivity index (χ2n) is 6.65. The Kier molecular flexibility index (Phi) is 5.76. The number of nitrogen functional groups attached to an aromatic ring is 1. The maximum atomic E-state index is 12.4. The minimum absolute atomic E-state index is 0.145. The average molecular weight is 458 g/mol. The number of aromatic nitrogens is 5. The number of benzene rings is 2. The molecule has 0 aliphatic heterocycles. The summed E-state index contributed by atoms with van der Waals surface area (Å²) in [6, 6.07) is 15.9. The number of sulfonamides is 1. The molecule has 2 heterocycles. The SMILES string of the molecule is CN(C)S(=O)(=O)c1cccc(-c2nnc(SCc3nnc(-c4ccccc4)o3)n2N)c1. The highest BCUT2D eigenvalue weighted by Gasteiger charge is 2.20. The Bertz CT molecular complexity index is 1300. The summed E-state index contributed by atoms with van der Waals surface area (Å²) in [6.45, 7) is 0. The van der Waals surface area contributed by atoms with Crippen LogP contribution in [0.5, 0.6) is 0 Å². The van der Waals surface area contributed by atoms with Crippen LogP contribution in [0.25, 0.3) is 22.8 Å². The summed E-state index contributed by atoms with van der Waals surface area (Å²) < 4.78 is 32.9. The predicted octanol–water partition coefficient (Wildman–Crippen LogP) is 2.25. The first-order chi connectivity index (χ1) is 14.9. The Morgan fingerprint density at radius 3 is 2.48 bits per heavy atom. The zero-order valence-electron chi connectivity index (χ0n) is 16.7. The van der Waals surface area contributed by atoms with E-state index in [2.05, 4.69) is 20.4 Å². The zero-order valence-corrected chi connectivity index (χ0v) is 18.3. The monoisotopic (exact) mass is 457 g/mol. The lowest BCUT2D eigenvalue weighted by Gasteiger charge is -2.12. The van der Waals surface area contributed by atoms with Gasteiger partial charge >= 0.3 is 0 Å². The topological polar surface area (TPSA) is 133 Å². The van der Waals surface area contributed by atoms with E-state index in [0.717, 1.165) is 9.87 Å². The molecule has 0 spiro atoms. The standard InChI is InChI=1S/C19H19N7O3S2/c1-25(2)31(27,28)15-10-6-9-14(11-15)17-22-24-19(26(17)20)30-12-16-21-23-18(29-16)13-7-4-3-5-8-13/h3-11H,12,20H2,1-2H3. The Morgan fingerprint density at radius 2 is 1.74 bits per heavy atom. The highest BCUT2D eigenvalue weighted by Crippen LogP contribution is 2.27. The van der Waals surface area contributed by atoms with Crippen LogP contribution in [0.2, 0.25) is 0 Å². The molecule has 0 saturated heterocycles. The third-order valence-corrected chi connectivity index (χ3v) is 7.09. The van der Waals surface area contributed by atoms with E-state index in [1.807, 2.05) is 30.3 Å². The number of rotatable bonds is 7. The van der Waals surface area contributed by atoms with Crippen molar-refractivity contribution in [1.29, 1.82) is 0 Å². The van der Waals surface area contributed by atoms with Crippen molar-refractivity contribution in [3.8, 4) is 22.8 Å². The average Bonchev–Trinajstić information content (AvgIpc) is 3.39. The van der Waals surface area contributed by atoms with Gasteiger partial charge in [-0.15, -0.1) is 20.4 Å². The van der Waals surface area contributed by atoms with E-state index in [1.165, 1.54) is 42.7 Å². The van der Waals surface area contributed by atoms with Crippen LogP contribution in [0, 0.1) is 0 Å². The van der Waals surface area contributed by atoms with Crippen LogP contribution >= 0.6 is 11.8 Å². The summed E-state index contributed by atoms with van der Waals surface area (Å²) in [5.74, 6) is 7.71. The molecule has 4 aromatic rings. The van der Waals surface area contributed by atoms with Gasteiger partial charge in [-0.1, -0.05) is 42.1 Å². The quantitative estimate of drug-likeness (QED) is 0.327. The lowest BCUT2D eigenvalue weighted by molar-refractivity contribution is 0.520. The molecule has 0 aliphatic carbocycles. The summed E-state index contributed by atoms with van der Waals surface area (Å²) in [5.41, 5.74) is 1.37. The molecular formula is C19H19N7O3S2. The summed E-state index contributed by atoms with van der Waals surface area (Å²) >= 11 is 1.28. The highest BCUT2D eigenvalue weighted by molar-refractivity contribution is 7.98. The third-order valence-electron chi connectivity index (χ3n) is 4.35. The van der Waals surface area contributed by atoms with Gasteiger partial charge in [-0.3, -0.25) is 0 Å². The molecule has 160 valence electrons. The van der Waals surface area contributed by atoms with Crippen LogP contribution in [0.3, 0.4) is 0 Å². The number of nitrogens with two attached hydrogens (primary N) is 1. The van der Waals surface area contributed by atoms with Gasteiger partial charge in [0.1, 0.15) is 0 Å². The van der Waals surface area contributed by atoms with Crippen LogP contribution in [-0.4, -0.2) is 51.9 Å². The Balaban J connectivity index is 1.51. The van der Waals surface area contributed by atoms with Crippen LogP contribution < -0.4 is 5.84 Å². The normalized spacial score (nSPS) is 11.8. The van der Waals surface area contributed by atoms with E-state index in [9.17, 15) is 8.42 Å². The molecule has 0 fully saturated rings. The van der Waals surface area contributed by atoms with E-state index < -0.39 is 10.0 Å². The molecule has 0 radical (unpaired) electrons. The summed E-state index contributed by atoms with van der Waals surface area (Å²) in [5, 5.41) is 16.7. The zero-order chi connectivity index (χ0) is 22.0. The van der Waals surface area contributed by atoms with Gasteiger partial charge in [0.2, 0.25) is 27.0 Å². The van der Waals surface area contributed by atoms with Crippen LogP contribution in [0.15, 0.2) is 69.1 Å². The largest absolute Gasteiger partial charge is 0.420 e. The van der Waals surface area contributed by atoms with Crippen LogP contribution in [-0.2, 0) is 15.8 Å². The molecule has 2 aromatic carbocycles. The van der Waals surface area contributed by atoms with E-state index in [1.54, 1.807) is 12.1 Å². The smallest absolute Gasteiger partial charge is 0.247 e. The van der Waals surface area contributed by atoms with E-state index in [4.69, 9.17) is 10.3 Å². The lowest BCUT2D eigenvalue weighted by Crippen LogP contribution is -2.22. The fraction of sp³-hybridized carbons (Fsp3) is 0.158. The van der Waals surface area contributed by atoms with Crippen molar-refractivity contribution in [3.63, 3.8) is 0 Å². The van der Waals surface area contributed by atoms with Crippen LogP contribution in [0.4, 0.5) is 0 Å². The van der Waals surface area contributed by atoms with Crippen molar-refractivity contribution in [2.45, 2.75) is 15.8 Å². The summed E-state index contributed by atoms with van der Waals surface area (Å²) in [4.78, 5) is 0.145. The molecule has 2 N–H and O–H groups in total. The first kappa shape index (κ1) is 21.0. The number of hydrogen-bond donors (Lipinski definition) is 1. The summed E-state index contributed by atoms with van der Waals surface area (Å²) in [7, 11) is -0.628. The van der Waals surface area contributed by atoms with Gasteiger partial charge in [-0.2, -0.15) is 0 Å². The van der Waals surface area contributed by atoms with Gasteiger partial charge in [0.25, 0.3) is 0 Å². The Labute approximate surface area is 183 Å². The Morgan fingerprint density at radius 1 is 1.00 bits per heavy atom. The molecule has 4 rings (SSSR count). The second-order valence-corrected chi connectivity index (χ2v) is 9.74. The minimum Gasteiger partial charge on any atom is -0.420 e. The molecule has 0 bridgehead atoms. The van der Waals surface area contributed by atoms with E-state index in [-0.39, 0.29) is 4.90 Å². The van der Waals surface area contributed by atoms with Crippen LogP contribution in [0.1, 0.15) is 5.89 Å². The molecule has 0 amide bonds. The molecule has 10 nitrogen and oxygen atoms in total. The van der Waals surface area contributed by atoms with Gasteiger partial charge in [0, 0.05) is 25.2 Å². The molecule has 31 heavy (non-hydrogen) atoms.